The second-order valence-corrected chi connectivity index (χ2v) is 10.8. The standard InChI is InChI=1S/C25H34O8/c1-23-12-18(29)22-16(17(23)7-8-25(23,32)19(30)13-27)6-5-14-10-15(28)11-20(24(14,22)2)33-21(31)4-3-9-26/h9-10,16-18,20,22,27,29,32H,3-8,11-13H2,1-2H3/t16-,17-,18-,20?,22+,23-,24+,25-/m0/s1. The van der Waals surface area contributed by atoms with Crippen molar-refractivity contribution in [1.29, 1.82) is 0 Å². The molecule has 0 aromatic carbocycles. The smallest absolute Gasteiger partial charge is 0.306 e. The Morgan fingerprint density at radius 1 is 1.27 bits per heavy atom. The Kier molecular flexibility index (Phi) is 6.16. The van der Waals surface area contributed by atoms with Crippen LogP contribution in [0.5, 0.6) is 0 Å². The molecule has 0 spiro atoms. The quantitative estimate of drug-likeness (QED) is 0.396. The van der Waals surface area contributed by atoms with Gasteiger partial charge in [-0.1, -0.05) is 19.4 Å². The molecule has 3 N–H and O–H groups in total. The van der Waals surface area contributed by atoms with E-state index in [1.807, 2.05) is 13.8 Å². The predicted molar refractivity (Wildman–Crippen MR) is 116 cm³/mol. The molecule has 4 aliphatic rings. The zero-order valence-electron chi connectivity index (χ0n) is 19.3. The number of aldehydes is 1. The van der Waals surface area contributed by atoms with E-state index in [-0.39, 0.29) is 55.6 Å². The van der Waals surface area contributed by atoms with E-state index in [2.05, 4.69) is 0 Å². The summed E-state index contributed by atoms with van der Waals surface area (Å²) in [5.74, 6) is -1.65. The number of rotatable bonds is 6. The van der Waals surface area contributed by atoms with Crippen LogP contribution in [0, 0.1) is 28.6 Å². The minimum atomic E-state index is -1.68. The van der Waals surface area contributed by atoms with Crippen LogP contribution in [0.25, 0.3) is 0 Å². The molecule has 0 aromatic rings. The molecular formula is C25H34O8. The van der Waals surface area contributed by atoms with E-state index >= 15 is 0 Å². The number of carbonyl (C=O) groups excluding carboxylic acids is 4. The zero-order valence-corrected chi connectivity index (χ0v) is 19.3. The van der Waals surface area contributed by atoms with Crippen LogP contribution >= 0.6 is 0 Å². The third-order valence-electron chi connectivity index (χ3n) is 9.47. The average molecular weight is 463 g/mol. The third-order valence-corrected chi connectivity index (χ3v) is 9.47. The fourth-order valence-electron chi connectivity index (χ4n) is 7.85. The van der Waals surface area contributed by atoms with Crippen LogP contribution < -0.4 is 0 Å². The van der Waals surface area contributed by atoms with E-state index in [4.69, 9.17) is 4.74 Å². The SMILES string of the molecule is C[C@]12C[C@H](O)[C@H]3[C@@H](CCC4=CC(=O)CC(OC(=O)CCC=O)[C@@]43C)[C@@H]1CC[C@]2(O)C(=O)CO. The van der Waals surface area contributed by atoms with Gasteiger partial charge in [-0.25, -0.2) is 0 Å². The molecule has 3 fully saturated rings. The van der Waals surface area contributed by atoms with E-state index in [0.29, 0.717) is 25.5 Å². The van der Waals surface area contributed by atoms with Crippen LogP contribution in [-0.4, -0.2) is 63.6 Å². The van der Waals surface area contributed by atoms with Crippen molar-refractivity contribution in [1.82, 2.24) is 0 Å². The molecule has 3 saturated carbocycles. The normalized spacial score (nSPS) is 44.2. The van der Waals surface area contributed by atoms with Gasteiger partial charge in [-0.3, -0.25) is 14.4 Å². The summed E-state index contributed by atoms with van der Waals surface area (Å²) in [6.07, 6.45) is 3.01. The van der Waals surface area contributed by atoms with Gasteiger partial charge < -0.3 is 24.9 Å². The minimum Gasteiger partial charge on any atom is -0.461 e. The van der Waals surface area contributed by atoms with Crippen LogP contribution in [0.1, 0.15) is 65.2 Å². The average Bonchev–Trinajstić information content (AvgIpc) is 3.03. The Balaban J connectivity index is 1.70. The first-order chi connectivity index (χ1) is 15.5. The van der Waals surface area contributed by atoms with Gasteiger partial charge in [0, 0.05) is 29.6 Å². The van der Waals surface area contributed by atoms with Gasteiger partial charge in [0.15, 0.2) is 11.6 Å². The van der Waals surface area contributed by atoms with E-state index in [9.17, 15) is 34.5 Å². The van der Waals surface area contributed by atoms with E-state index in [1.165, 1.54) is 0 Å². The lowest BCUT2D eigenvalue weighted by molar-refractivity contribution is -0.197. The van der Waals surface area contributed by atoms with E-state index < -0.39 is 47.0 Å². The van der Waals surface area contributed by atoms with Crippen LogP contribution in [0.3, 0.4) is 0 Å². The predicted octanol–water partition coefficient (Wildman–Crippen LogP) is 1.28. The topological polar surface area (TPSA) is 138 Å². The molecule has 0 aliphatic heterocycles. The number of fused-ring (bicyclic) bond motifs is 5. The van der Waals surface area contributed by atoms with Crippen molar-refractivity contribution >= 4 is 23.8 Å². The van der Waals surface area contributed by atoms with Gasteiger partial charge in [-0.15, -0.1) is 0 Å². The Hall–Kier alpha value is -1.90. The lowest BCUT2D eigenvalue weighted by Gasteiger charge is -2.61. The molecule has 8 nitrogen and oxygen atoms in total. The number of ketones is 2. The second kappa shape index (κ2) is 8.40. The Labute approximate surface area is 193 Å². The molecule has 182 valence electrons. The van der Waals surface area contributed by atoms with Crippen molar-refractivity contribution in [3.63, 3.8) is 0 Å². The van der Waals surface area contributed by atoms with Crippen molar-refractivity contribution in [2.75, 3.05) is 6.61 Å². The van der Waals surface area contributed by atoms with Crippen LogP contribution in [0.2, 0.25) is 0 Å². The summed E-state index contributed by atoms with van der Waals surface area (Å²) in [5.41, 5.74) is -2.43. The molecule has 4 rings (SSSR count). The summed E-state index contributed by atoms with van der Waals surface area (Å²) in [5, 5.41) is 32.3. The molecular weight excluding hydrogens is 428 g/mol. The number of aliphatic hydroxyl groups is 3. The summed E-state index contributed by atoms with van der Waals surface area (Å²) < 4.78 is 5.76. The maximum absolute atomic E-state index is 12.5. The number of hydrogen-bond acceptors (Lipinski definition) is 8. The highest BCUT2D eigenvalue weighted by Gasteiger charge is 2.69. The number of aliphatic hydroxyl groups excluding tert-OH is 2. The fourth-order valence-corrected chi connectivity index (χ4v) is 7.85. The molecule has 0 bridgehead atoms. The molecule has 0 amide bonds. The van der Waals surface area contributed by atoms with Crippen LogP contribution in [-0.2, 0) is 23.9 Å². The number of hydrogen-bond donors (Lipinski definition) is 3. The van der Waals surface area contributed by atoms with E-state index in [1.54, 1.807) is 6.08 Å². The molecule has 4 aliphatic carbocycles. The van der Waals surface area contributed by atoms with Gasteiger partial charge in [-0.05, 0) is 50.0 Å². The van der Waals surface area contributed by atoms with Gasteiger partial charge in [0.05, 0.1) is 12.5 Å². The first kappa shape index (κ1) is 24.2. The summed E-state index contributed by atoms with van der Waals surface area (Å²) in [7, 11) is 0. The third kappa shape index (κ3) is 3.44. The highest BCUT2D eigenvalue weighted by Crippen LogP contribution is 2.67. The van der Waals surface area contributed by atoms with Gasteiger partial charge >= 0.3 is 5.97 Å². The Morgan fingerprint density at radius 3 is 2.67 bits per heavy atom. The molecule has 0 radical (unpaired) electrons. The largest absolute Gasteiger partial charge is 0.461 e. The monoisotopic (exact) mass is 462 g/mol. The molecule has 8 atom stereocenters. The lowest BCUT2D eigenvalue weighted by atomic mass is 9.44. The van der Waals surface area contributed by atoms with Gasteiger partial charge in [0.1, 0.15) is 24.6 Å². The maximum Gasteiger partial charge on any atom is 0.306 e. The Bertz CT molecular complexity index is 895. The molecule has 0 heterocycles. The zero-order chi connectivity index (χ0) is 24.2. The lowest BCUT2D eigenvalue weighted by Crippen LogP contribution is -2.64. The van der Waals surface area contributed by atoms with Crippen molar-refractivity contribution in [2.45, 2.75) is 83.0 Å². The molecule has 8 heteroatoms. The second-order valence-electron chi connectivity index (χ2n) is 10.8. The first-order valence-corrected chi connectivity index (χ1v) is 11.9. The van der Waals surface area contributed by atoms with Crippen LogP contribution in [0.15, 0.2) is 11.6 Å². The first-order valence-electron chi connectivity index (χ1n) is 11.9. The number of ether oxygens (including phenoxy) is 1. The molecule has 0 saturated heterocycles. The summed E-state index contributed by atoms with van der Waals surface area (Å²) in [6, 6.07) is 0. The Morgan fingerprint density at radius 2 is 2.00 bits per heavy atom. The highest BCUT2D eigenvalue weighted by molar-refractivity contribution is 5.93. The fraction of sp³-hybridized carbons (Fsp3) is 0.760. The molecule has 1 unspecified atom stereocenters. The number of Topliss-reactive ketones (excluding diaryl/α,β-unsaturated/α-hetero) is 1. The number of esters is 1. The van der Waals surface area contributed by atoms with E-state index in [0.717, 1.165) is 5.57 Å². The summed E-state index contributed by atoms with van der Waals surface area (Å²) in [6.45, 7) is 3.05. The highest BCUT2D eigenvalue weighted by atomic mass is 16.5. The van der Waals surface area contributed by atoms with Crippen molar-refractivity contribution in [3.8, 4) is 0 Å². The van der Waals surface area contributed by atoms with Gasteiger partial charge in [0.2, 0.25) is 0 Å². The van der Waals surface area contributed by atoms with Crippen molar-refractivity contribution in [3.05, 3.63) is 11.6 Å². The van der Waals surface area contributed by atoms with Crippen molar-refractivity contribution in [2.24, 2.45) is 28.6 Å². The molecule has 33 heavy (non-hydrogen) atoms. The summed E-state index contributed by atoms with van der Waals surface area (Å²) in [4.78, 5) is 48.1. The molecule has 0 aromatic heterocycles. The van der Waals surface area contributed by atoms with Gasteiger partial charge in [-0.2, -0.15) is 0 Å². The maximum atomic E-state index is 12.5. The minimum absolute atomic E-state index is 0.0254. The van der Waals surface area contributed by atoms with Crippen LogP contribution in [0.4, 0.5) is 0 Å². The summed E-state index contributed by atoms with van der Waals surface area (Å²) >= 11 is 0. The number of carbonyl (C=O) groups is 4. The van der Waals surface area contributed by atoms with Gasteiger partial charge in [0.25, 0.3) is 0 Å². The van der Waals surface area contributed by atoms with Crippen molar-refractivity contribution < 1.29 is 39.2 Å².